The fraction of sp³-hybridized carbons (Fsp3) is 0.300. The first-order valence-corrected chi connectivity index (χ1v) is 8.47. The monoisotopic (exact) mass is 396 g/mol. The third-order valence-electron chi connectivity index (χ3n) is 4.11. The first-order chi connectivity index (χ1) is 13.0. The molecule has 0 bridgehead atoms. The summed E-state index contributed by atoms with van der Waals surface area (Å²) in [4.78, 5) is 23.3. The first kappa shape index (κ1) is 21.4. The third-order valence-corrected chi connectivity index (χ3v) is 4.11. The predicted octanol–water partition coefficient (Wildman–Crippen LogP) is 3.51. The lowest BCUT2D eigenvalue weighted by molar-refractivity contribution is -0.211. The number of hydrogen-bond acceptors (Lipinski definition) is 2. The van der Waals surface area contributed by atoms with Crippen molar-refractivity contribution in [2.75, 3.05) is 0 Å². The van der Waals surface area contributed by atoms with Crippen LogP contribution in [0, 0.1) is 13.8 Å². The lowest BCUT2D eigenvalue weighted by atomic mass is 10.1. The molecule has 0 saturated heterocycles. The van der Waals surface area contributed by atoms with Gasteiger partial charge in [-0.3, -0.25) is 9.59 Å². The summed E-state index contributed by atoms with van der Waals surface area (Å²) in [6, 6.07) is 13.0. The molecule has 0 heterocycles. The van der Waals surface area contributed by atoms with E-state index in [1.54, 1.807) is 59.2 Å². The lowest BCUT2D eigenvalue weighted by Crippen LogP contribution is -2.59. The molecular weight excluding hydrogens is 376 g/mol. The van der Waals surface area contributed by atoms with Crippen LogP contribution in [0.4, 0.5) is 17.6 Å². The average molecular weight is 396 g/mol. The molecule has 4 nitrogen and oxygen atoms in total. The summed E-state index contributed by atoms with van der Waals surface area (Å²) in [6.45, 7) is 2.89. The topological polar surface area (TPSA) is 58.2 Å². The molecule has 2 N–H and O–H groups in total. The highest BCUT2D eigenvalue weighted by molar-refractivity contribution is 5.95. The number of hydrogen-bond donors (Lipinski definition) is 2. The molecule has 0 radical (unpaired) electrons. The Balaban J connectivity index is 1.99. The quantitative estimate of drug-likeness (QED) is 0.704. The van der Waals surface area contributed by atoms with E-state index in [0.717, 1.165) is 11.1 Å². The van der Waals surface area contributed by atoms with Crippen LogP contribution in [0.2, 0.25) is 0 Å². The molecule has 2 rings (SSSR count). The SMILES string of the molecule is Cc1ccc(CNC(=O)C(F)(F)C(F)(F)C(=O)NCc2ccc(C)cc2)cc1. The van der Waals surface area contributed by atoms with E-state index >= 15 is 0 Å². The normalized spacial score (nSPS) is 11.8. The van der Waals surface area contributed by atoms with Gasteiger partial charge < -0.3 is 10.6 Å². The van der Waals surface area contributed by atoms with E-state index in [-0.39, 0.29) is 13.1 Å². The number of carbonyl (C=O) groups is 2. The molecule has 0 aromatic heterocycles. The smallest absolute Gasteiger partial charge is 0.347 e. The standard InChI is InChI=1S/C20H20F4N2O2/c1-13-3-7-15(8-4-13)11-25-17(27)19(21,22)20(23,24)18(28)26-12-16-9-5-14(2)6-10-16/h3-10H,11-12H2,1-2H3,(H,25,27)(H,26,28). The fourth-order valence-electron chi connectivity index (χ4n) is 2.28. The van der Waals surface area contributed by atoms with Gasteiger partial charge in [-0.15, -0.1) is 0 Å². The molecule has 0 spiro atoms. The third kappa shape index (κ3) is 4.88. The minimum absolute atomic E-state index is 0.365. The van der Waals surface area contributed by atoms with Crippen LogP contribution in [0.3, 0.4) is 0 Å². The number of nitrogens with one attached hydrogen (secondary N) is 2. The highest BCUT2D eigenvalue weighted by atomic mass is 19.3. The van der Waals surface area contributed by atoms with Crippen LogP contribution in [-0.2, 0) is 22.7 Å². The molecule has 0 fully saturated rings. The van der Waals surface area contributed by atoms with E-state index in [1.807, 2.05) is 13.8 Å². The van der Waals surface area contributed by atoms with Crippen molar-refractivity contribution in [3.63, 3.8) is 0 Å². The molecule has 0 aliphatic carbocycles. The van der Waals surface area contributed by atoms with Gasteiger partial charge >= 0.3 is 11.8 Å². The van der Waals surface area contributed by atoms with E-state index in [4.69, 9.17) is 0 Å². The van der Waals surface area contributed by atoms with Gasteiger partial charge in [0.15, 0.2) is 0 Å². The minimum Gasteiger partial charge on any atom is -0.347 e. The Morgan fingerprint density at radius 1 is 0.679 bits per heavy atom. The maximum absolute atomic E-state index is 14.0. The molecule has 28 heavy (non-hydrogen) atoms. The Labute approximate surface area is 159 Å². The van der Waals surface area contributed by atoms with E-state index < -0.39 is 23.7 Å². The second-order valence-corrected chi connectivity index (χ2v) is 6.49. The van der Waals surface area contributed by atoms with Gasteiger partial charge in [0, 0.05) is 13.1 Å². The Bertz CT molecular complexity index is 763. The maximum Gasteiger partial charge on any atom is 0.395 e. The molecular formula is C20H20F4N2O2. The molecule has 0 saturated carbocycles. The Hall–Kier alpha value is -2.90. The van der Waals surface area contributed by atoms with Gasteiger partial charge in [-0.2, -0.15) is 17.6 Å². The van der Waals surface area contributed by atoms with Crippen LogP contribution >= 0.6 is 0 Å². The van der Waals surface area contributed by atoms with Gasteiger partial charge in [0.25, 0.3) is 11.8 Å². The Morgan fingerprint density at radius 2 is 0.964 bits per heavy atom. The van der Waals surface area contributed by atoms with Crippen LogP contribution < -0.4 is 10.6 Å². The first-order valence-electron chi connectivity index (χ1n) is 8.47. The predicted molar refractivity (Wildman–Crippen MR) is 95.9 cm³/mol. The lowest BCUT2D eigenvalue weighted by Gasteiger charge is -2.24. The second kappa shape index (κ2) is 8.41. The van der Waals surface area contributed by atoms with E-state index in [1.165, 1.54) is 0 Å². The van der Waals surface area contributed by atoms with Crippen molar-refractivity contribution in [1.82, 2.24) is 10.6 Å². The number of carbonyl (C=O) groups excluding carboxylic acids is 2. The molecule has 0 unspecified atom stereocenters. The summed E-state index contributed by atoms with van der Waals surface area (Å²) in [5, 5.41) is 3.50. The van der Waals surface area contributed by atoms with E-state index in [0.29, 0.717) is 11.1 Å². The van der Waals surface area contributed by atoms with Gasteiger partial charge in [-0.05, 0) is 25.0 Å². The van der Waals surface area contributed by atoms with Crippen molar-refractivity contribution in [2.24, 2.45) is 0 Å². The van der Waals surface area contributed by atoms with E-state index in [2.05, 4.69) is 0 Å². The van der Waals surface area contributed by atoms with Gasteiger partial charge in [0.05, 0.1) is 0 Å². The van der Waals surface area contributed by atoms with Gasteiger partial charge in [0.2, 0.25) is 0 Å². The van der Waals surface area contributed by atoms with Crippen LogP contribution in [0.5, 0.6) is 0 Å². The highest BCUT2D eigenvalue weighted by Crippen LogP contribution is 2.35. The zero-order valence-electron chi connectivity index (χ0n) is 15.4. The number of aryl methyl sites for hydroxylation is 2. The molecule has 2 aromatic rings. The summed E-state index contributed by atoms with van der Waals surface area (Å²) < 4.78 is 55.9. The summed E-state index contributed by atoms with van der Waals surface area (Å²) in [5.41, 5.74) is 2.75. The molecule has 0 atom stereocenters. The number of alkyl halides is 4. The average Bonchev–Trinajstić information content (AvgIpc) is 2.66. The number of benzene rings is 2. The van der Waals surface area contributed by atoms with Crippen LogP contribution in [0.15, 0.2) is 48.5 Å². The van der Waals surface area contributed by atoms with Crippen molar-refractivity contribution < 1.29 is 27.2 Å². The largest absolute Gasteiger partial charge is 0.395 e. The Kier molecular flexibility index (Phi) is 6.43. The van der Waals surface area contributed by atoms with Gasteiger partial charge in [0.1, 0.15) is 0 Å². The highest BCUT2D eigenvalue weighted by Gasteiger charge is 2.66. The number of amides is 2. The summed E-state index contributed by atoms with van der Waals surface area (Å²) >= 11 is 0. The minimum atomic E-state index is -5.20. The van der Waals surface area contributed by atoms with Gasteiger partial charge in [-0.25, -0.2) is 0 Å². The number of halogens is 4. The van der Waals surface area contributed by atoms with Crippen molar-refractivity contribution in [3.05, 3.63) is 70.8 Å². The summed E-state index contributed by atoms with van der Waals surface area (Å²) in [7, 11) is 0. The zero-order chi connectivity index (χ0) is 20.9. The van der Waals surface area contributed by atoms with Crippen molar-refractivity contribution in [1.29, 1.82) is 0 Å². The molecule has 2 aromatic carbocycles. The maximum atomic E-state index is 14.0. The second-order valence-electron chi connectivity index (χ2n) is 6.49. The van der Waals surface area contributed by atoms with Crippen LogP contribution in [0.25, 0.3) is 0 Å². The van der Waals surface area contributed by atoms with Crippen molar-refractivity contribution in [2.45, 2.75) is 38.8 Å². The van der Waals surface area contributed by atoms with Crippen LogP contribution in [-0.4, -0.2) is 23.7 Å². The molecule has 0 aliphatic heterocycles. The van der Waals surface area contributed by atoms with Gasteiger partial charge in [-0.1, -0.05) is 59.7 Å². The summed E-state index contributed by atoms with van der Waals surface area (Å²) in [5.74, 6) is -14.8. The number of rotatable bonds is 7. The van der Waals surface area contributed by atoms with Crippen molar-refractivity contribution >= 4 is 11.8 Å². The van der Waals surface area contributed by atoms with Crippen LogP contribution in [0.1, 0.15) is 22.3 Å². The molecule has 150 valence electrons. The van der Waals surface area contributed by atoms with Crippen molar-refractivity contribution in [3.8, 4) is 0 Å². The van der Waals surface area contributed by atoms with E-state index in [9.17, 15) is 27.2 Å². The molecule has 2 amide bonds. The fourth-order valence-corrected chi connectivity index (χ4v) is 2.28. The molecule has 0 aliphatic rings. The molecule has 8 heteroatoms. The summed E-state index contributed by atoms with van der Waals surface area (Å²) in [6.07, 6.45) is 0. The Morgan fingerprint density at radius 3 is 1.25 bits per heavy atom. The zero-order valence-corrected chi connectivity index (χ0v) is 15.4.